The van der Waals surface area contributed by atoms with Gasteiger partial charge < -0.3 is 11.1 Å². The van der Waals surface area contributed by atoms with E-state index in [0.29, 0.717) is 12.1 Å². The number of benzene rings is 1. The predicted octanol–water partition coefficient (Wildman–Crippen LogP) is 2.75. The van der Waals surface area contributed by atoms with Crippen LogP contribution in [0.4, 0.5) is 5.69 Å². The van der Waals surface area contributed by atoms with Crippen LogP contribution in [0.25, 0.3) is 0 Å². The monoisotopic (exact) mass is 260 g/mol. The Bertz CT molecular complexity index is 522. The highest BCUT2D eigenvalue weighted by Crippen LogP contribution is 2.19. The highest BCUT2D eigenvalue weighted by atomic mass is 32.1. The van der Waals surface area contributed by atoms with E-state index < -0.39 is 0 Å². The molecule has 2 aromatic rings. The molecule has 0 aliphatic rings. The summed E-state index contributed by atoms with van der Waals surface area (Å²) in [5, 5.41) is 6.92. The summed E-state index contributed by atoms with van der Waals surface area (Å²) in [5.74, 6) is 0.0177. The third-order valence-electron chi connectivity index (χ3n) is 2.78. The van der Waals surface area contributed by atoms with Gasteiger partial charge in [0.2, 0.25) is 5.91 Å². The van der Waals surface area contributed by atoms with E-state index in [9.17, 15) is 4.79 Å². The Balaban J connectivity index is 1.97. The summed E-state index contributed by atoms with van der Waals surface area (Å²) < 4.78 is 0. The van der Waals surface area contributed by atoms with Crippen LogP contribution in [-0.2, 0) is 11.2 Å². The number of para-hydroxylation sites is 1. The van der Waals surface area contributed by atoms with Gasteiger partial charge in [-0.1, -0.05) is 18.2 Å². The third kappa shape index (κ3) is 3.11. The highest BCUT2D eigenvalue weighted by molar-refractivity contribution is 7.07. The first kappa shape index (κ1) is 12.6. The van der Waals surface area contributed by atoms with Crippen molar-refractivity contribution in [2.75, 3.05) is 5.73 Å². The van der Waals surface area contributed by atoms with E-state index in [1.807, 2.05) is 48.0 Å². The van der Waals surface area contributed by atoms with Crippen LogP contribution >= 0.6 is 11.3 Å². The molecule has 0 saturated carbocycles. The Kier molecular flexibility index (Phi) is 3.99. The first-order chi connectivity index (χ1) is 8.66. The van der Waals surface area contributed by atoms with E-state index in [1.54, 1.807) is 11.3 Å². The minimum absolute atomic E-state index is 0.0177. The number of carbonyl (C=O) groups excluding carboxylic acids is 1. The smallest absolute Gasteiger partial charge is 0.224 e. The van der Waals surface area contributed by atoms with E-state index in [4.69, 9.17) is 5.73 Å². The zero-order chi connectivity index (χ0) is 13.0. The molecule has 0 aliphatic heterocycles. The Morgan fingerprint density at radius 3 is 2.83 bits per heavy atom. The number of nitrogen functional groups attached to an aromatic ring is 1. The van der Waals surface area contributed by atoms with Crippen molar-refractivity contribution in [2.24, 2.45) is 0 Å². The lowest BCUT2D eigenvalue weighted by molar-refractivity contribution is -0.121. The number of thiophene rings is 1. The van der Waals surface area contributed by atoms with Crippen LogP contribution in [-0.4, -0.2) is 5.91 Å². The van der Waals surface area contributed by atoms with Gasteiger partial charge in [0, 0.05) is 5.69 Å². The number of amides is 1. The number of hydrogen-bond donors (Lipinski definition) is 2. The lowest BCUT2D eigenvalue weighted by Gasteiger charge is -2.16. The van der Waals surface area contributed by atoms with Crippen molar-refractivity contribution in [3.05, 3.63) is 52.2 Å². The van der Waals surface area contributed by atoms with Crippen LogP contribution in [0.1, 0.15) is 24.1 Å². The molecule has 0 aliphatic carbocycles. The van der Waals surface area contributed by atoms with Crippen LogP contribution in [0.5, 0.6) is 0 Å². The summed E-state index contributed by atoms with van der Waals surface area (Å²) >= 11 is 1.60. The maximum absolute atomic E-state index is 11.9. The molecule has 0 radical (unpaired) electrons. The topological polar surface area (TPSA) is 55.1 Å². The average molecular weight is 260 g/mol. The molecule has 2 rings (SSSR count). The summed E-state index contributed by atoms with van der Waals surface area (Å²) in [6.45, 7) is 1.94. The molecule has 3 nitrogen and oxygen atoms in total. The zero-order valence-corrected chi connectivity index (χ0v) is 11.0. The van der Waals surface area contributed by atoms with Gasteiger partial charge in [-0.25, -0.2) is 0 Å². The van der Waals surface area contributed by atoms with Gasteiger partial charge in [0.1, 0.15) is 0 Å². The molecule has 0 spiro atoms. The molecule has 0 bridgehead atoms. The highest BCUT2D eigenvalue weighted by Gasteiger charge is 2.12. The van der Waals surface area contributed by atoms with E-state index in [1.165, 1.54) is 0 Å². The maximum atomic E-state index is 11.9. The molecule has 18 heavy (non-hydrogen) atoms. The lowest BCUT2D eigenvalue weighted by atomic mass is 10.1. The molecular weight excluding hydrogens is 244 g/mol. The van der Waals surface area contributed by atoms with E-state index in [-0.39, 0.29) is 11.9 Å². The average Bonchev–Trinajstić information content (AvgIpc) is 2.82. The SMILES string of the molecule is CC(NC(=O)Cc1ccsc1)c1ccccc1N. The number of nitrogens with one attached hydrogen (secondary N) is 1. The molecule has 0 fully saturated rings. The molecule has 1 aromatic heterocycles. The zero-order valence-electron chi connectivity index (χ0n) is 10.2. The first-order valence-corrected chi connectivity index (χ1v) is 6.76. The molecule has 1 atom stereocenters. The standard InChI is InChI=1S/C14H16N2OS/c1-10(12-4-2-3-5-13(12)15)16-14(17)8-11-6-7-18-9-11/h2-7,9-10H,8,15H2,1H3,(H,16,17). The number of anilines is 1. The number of nitrogens with two attached hydrogens (primary N) is 1. The normalized spacial score (nSPS) is 12.1. The minimum atomic E-state index is -0.0719. The Labute approximate surface area is 111 Å². The van der Waals surface area contributed by atoms with Crippen molar-refractivity contribution < 1.29 is 4.79 Å². The summed E-state index contributed by atoms with van der Waals surface area (Å²) in [6.07, 6.45) is 0.417. The van der Waals surface area contributed by atoms with E-state index >= 15 is 0 Å². The molecule has 3 N–H and O–H groups in total. The molecule has 1 heterocycles. The second-order valence-electron chi connectivity index (χ2n) is 4.23. The molecular formula is C14H16N2OS. The molecule has 94 valence electrons. The van der Waals surface area contributed by atoms with Crippen molar-refractivity contribution in [3.63, 3.8) is 0 Å². The molecule has 4 heteroatoms. The van der Waals surface area contributed by atoms with Crippen LogP contribution in [0.15, 0.2) is 41.1 Å². The van der Waals surface area contributed by atoms with Gasteiger partial charge in [-0.05, 0) is 40.9 Å². The van der Waals surface area contributed by atoms with Crippen molar-refractivity contribution in [1.29, 1.82) is 0 Å². The largest absolute Gasteiger partial charge is 0.398 e. The van der Waals surface area contributed by atoms with Gasteiger partial charge in [-0.3, -0.25) is 4.79 Å². The summed E-state index contributed by atoms with van der Waals surface area (Å²) in [5.41, 5.74) is 8.59. The second kappa shape index (κ2) is 5.69. The number of hydrogen-bond acceptors (Lipinski definition) is 3. The molecule has 1 aromatic carbocycles. The van der Waals surface area contributed by atoms with Crippen LogP contribution < -0.4 is 11.1 Å². The van der Waals surface area contributed by atoms with Gasteiger partial charge in [0.15, 0.2) is 0 Å². The second-order valence-corrected chi connectivity index (χ2v) is 5.01. The Morgan fingerprint density at radius 1 is 1.39 bits per heavy atom. The molecule has 1 amide bonds. The van der Waals surface area contributed by atoms with Crippen molar-refractivity contribution >= 4 is 22.9 Å². The van der Waals surface area contributed by atoms with Crippen LogP contribution in [0, 0.1) is 0 Å². The van der Waals surface area contributed by atoms with Gasteiger partial charge in [-0.2, -0.15) is 11.3 Å². The van der Waals surface area contributed by atoms with Crippen LogP contribution in [0.3, 0.4) is 0 Å². The minimum Gasteiger partial charge on any atom is -0.398 e. The van der Waals surface area contributed by atoms with Gasteiger partial charge in [0.25, 0.3) is 0 Å². The summed E-state index contributed by atoms with van der Waals surface area (Å²) in [6, 6.07) is 9.48. The van der Waals surface area contributed by atoms with E-state index in [2.05, 4.69) is 5.32 Å². The number of carbonyl (C=O) groups is 1. The number of rotatable bonds is 4. The fraction of sp³-hybridized carbons (Fsp3) is 0.214. The fourth-order valence-corrected chi connectivity index (χ4v) is 2.52. The quantitative estimate of drug-likeness (QED) is 0.830. The first-order valence-electron chi connectivity index (χ1n) is 5.81. The summed E-state index contributed by atoms with van der Waals surface area (Å²) in [4.78, 5) is 11.9. The van der Waals surface area contributed by atoms with E-state index in [0.717, 1.165) is 11.1 Å². The van der Waals surface area contributed by atoms with Gasteiger partial charge >= 0.3 is 0 Å². The Hall–Kier alpha value is -1.81. The van der Waals surface area contributed by atoms with Crippen molar-refractivity contribution in [3.8, 4) is 0 Å². The van der Waals surface area contributed by atoms with Crippen LogP contribution in [0.2, 0.25) is 0 Å². The fourth-order valence-electron chi connectivity index (χ4n) is 1.85. The summed E-state index contributed by atoms with van der Waals surface area (Å²) in [7, 11) is 0. The lowest BCUT2D eigenvalue weighted by Crippen LogP contribution is -2.28. The predicted molar refractivity (Wildman–Crippen MR) is 75.4 cm³/mol. The third-order valence-corrected chi connectivity index (χ3v) is 3.52. The van der Waals surface area contributed by atoms with Gasteiger partial charge in [0.05, 0.1) is 12.5 Å². The molecule has 1 unspecified atom stereocenters. The van der Waals surface area contributed by atoms with Gasteiger partial charge in [-0.15, -0.1) is 0 Å². The molecule has 0 saturated heterocycles. The maximum Gasteiger partial charge on any atom is 0.224 e. The Morgan fingerprint density at radius 2 is 2.17 bits per heavy atom. The van der Waals surface area contributed by atoms with Crippen molar-refractivity contribution in [2.45, 2.75) is 19.4 Å². The van der Waals surface area contributed by atoms with Crippen molar-refractivity contribution in [1.82, 2.24) is 5.32 Å².